The second-order valence-corrected chi connectivity index (χ2v) is 5.27. The number of rotatable bonds is 4. The highest BCUT2D eigenvalue weighted by molar-refractivity contribution is 5.77. The lowest BCUT2D eigenvalue weighted by Crippen LogP contribution is -2.32. The summed E-state index contributed by atoms with van der Waals surface area (Å²) < 4.78 is 5.14. The Hall–Kier alpha value is -2.04. The van der Waals surface area contributed by atoms with Crippen molar-refractivity contribution >= 4 is 12.0 Å². The van der Waals surface area contributed by atoms with Crippen molar-refractivity contribution in [2.75, 3.05) is 0 Å². The zero-order chi connectivity index (χ0) is 14.5. The van der Waals surface area contributed by atoms with Crippen LogP contribution in [0.1, 0.15) is 31.9 Å². The van der Waals surface area contributed by atoms with Crippen molar-refractivity contribution in [1.29, 1.82) is 0 Å². The van der Waals surface area contributed by atoms with E-state index in [1.54, 1.807) is 20.8 Å². The lowest BCUT2D eigenvalue weighted by molar-refractivity contribution is -0.117. The third kappa shape index (κ3) is 5.90. The van der Waals surface area contributed by atoms with Gasteiger partial charge < -0.3 is 15.8 Å². The van der Waals surface area contributed by atoms with Crippen molar-refractivity contribution in [2.24, 2.45) is 5.73 Å². The molecule has 0 atom stereocenters. The normalized spacial score (nSPS) is 10.9. The minimum atomic E-state index is -0.531. The molecule has 0 fully saturated rings. The summed E-state index contributed by atoms with van der Waals surface area (Å²) in [4.78, 5) is 22.5. The molecular weight excluding hydrogens is 244 g/mol. The first-order valence-electron chi connectivity index (χ1n) is 6.10. The van der Waals surface area contributed by atoms with Gasteiger partial charge in [-0.3, -0.25) is 4.79 Å². The molecule has 19 heavy (non-hydrogen) atoms. The van der Waals surface area contributed by atoms with Gasteiger partial charge in [0.15, 0.2) is 0 Å². The monoisotopic (exact) mass is 264 g/mol. The van der Waals surface area contributed by atoms with Crippen molar-refractivity contribution in [3.63, 3.8) is 0 Å². The van der Waals surface area contributed by atoms with E-state index in [-0.39, 0.29) is 6.42 Å². The second-order valence-electron chi connectivity index (χ2n) is 5.27. The molecule has 0 aliphatic carbocycles. The molecule has 0 unspecified atom stereocenters. The molecule has 5 heteroatoms. The number of alkyl carbamates (subject to hydrolysis) is 1. The zero-order valence-electron chi connectivity index (χ0n) is 11.5. The average molecular weight is 264 g/mol. The van der Waals surface area contributed by atoms with Gasteiger partial charge in [0.2, 0.25) is 5.91 Å². The Labute approximate surface area is 113 Å². The topological polar surface area (TPSA) is 81.4 Å². The molecule has 1 rings (SSSR count). The van der Waals surface area contributed by atoms with Crippen LogP contribution in [0, 0.1) is 0 Å². The van der Waals surface area contributed by atoms with Crippen LogP contribution in [0.3, 0.4) is 0 Å². The molecule has 0 aliphatic rings. The summed E-state index contributed by atoms with van der Waals surface area (Å²) in [6, 6.07) is 7.33. The summed E-state index contributed by atoms with van der Waals surface area (Å²) >= 11 is 0. The highest BCUT2D eigenvalue weighted by Crippen LogP contribution is 2.10. The first kappa shape index (κ1) is 15.0. The summed E-state index contributed by atoms with van der Waals surface area (Å²) in [6.07, 6.45) is -0.326. The molecule has 1 aromatic rings. The maximum absolute atomic E-state index is 11.5. The molecule has 2 amide bonds. The van der Waals surface area contributed by atoms with Crippen LogP contribution in [0.25, 0.3) is 0 Å². The minimum absolute atomic E-state index is 0.159. The maximum Gasteiger partial charge on any atom is 0.407 e. The van der Waals surface area contributed by atoms with Gasteiger partial charge in [0.25, 0.3) is 0 Å². The number of nitrogens with one attached hydrogen (secondary N) is 1. The highest BCUT2D eigenvalue weighted by Gasteiger charge is 2.16. The number of hydrogen-bond acceptors (Lipinski definition) is 3. The number of primary amides is 1. The maximum atomic E-state index is 11.5. The molecule has 0 saturated carbocycles. The summed E-state index contributed by atoms with van der Waals surface area (Å²) in [7, 11) is 0. The SMILES string of the molecule is CC(C)(C)OC(=O)NCc1ccccc1CC(N)=O. The van der Waals surface area contributed by atoms with Crippen molar-refractivity contribution in [2.45, 2.75) is 39.3 Å². The van der Waals surface area contributed by atoms with Gasteiger partial charge >= 0.3 is 6.09 Å². The lowest BCUT2D eigenvalue weighted by Gasteiger charge is -2.20. The van der Waals surface area contributed by atoms with Crippen LogP contribution in [0.4, 0.5) is 4.79 Å². The van der Waals surface area contributed by atoms with E-state index in [9.17, 15) is 9.59 Å². The molecule has 3 N–H and O–H groups in total. The number of ether oxygens (including phenoxy) is 1. The van der Waals surface area contributed by atoms with Gasteiger partial charge in [0.1, 0.15) is 5.60 Å². The molecular formula is C14H20N2O3. The van der Waals surface area contributed by atoms with Crippen LogP contribution in [0.5, 0.6) is 0 Å². The lowest BCUT2D eigenvalue weighted by atomic mass is 10.0. The predicted molar refractivity (Wildman–Crippen MR) is 72.4 cm³/mol. The Kier molecular flexibility index (Phi) is 4.92. The van der Waals surface area contributed by atoms with E-state index >= 15 is 0 Å². The third-order valence-corrected chi connectivity index (χ3v) is 2.31. The number of amides is 2. The highest BCUT2D eigenvalue weighted by atomic mass is 16.6. The van der Waals surface area contributed by atoms with Gasteiger partial charge in [-0.05, 0) is 31.9 Å². The van der Waals surface area contributed by atoms with Crippen LogP contribution in [-0.4, -0.2) is 17.6 Å². The Morgan fingerprint density at radius 1 is 1.21 bits per heavy atom. The Morgan fingerprint density at radius 2 is 1.79 bits per heavy atom. The second kappa shape index (κ2) is 6.22. The van der Waals surface area contributed by atoms with Gasteiger partial charge in [-0.1, -0.05) is 24.3 Å². The van der Waals surface area contributed by atoms with Crippen LogP contribution < -0.4 is 11.1 Å². The van der Waals surface area contributed by atoms with E-state index in [1.807, 2.05) is 24.3 Å². The fourth-order valence-corrected chi connectivity index (χ4v) is 1.57. The zero-order valence-corrected chi connectivity index (χ0v) is 11.5. The van der Waals surface area contributed by atoms with E-state index in [2.05, 4.69) is 5.32 Å². The Morgan fingerprint density at radius 3 is 2.32 bits per heavy atom. The van der Waals surface area contributed by atoms with E-state index in [0.717, 1.165) is 11.1 Å². The smallest absolute Gasteiger partial charge is 0.407 e. The summed E-state index contributed by atoms with van der Waals surface area (Å²) in [5, 5.41) is 2.66. The fraction of sp³-hybridized carbons (Fsp3) is 0.429. The first-order valence-corrected chi connectivity index (χ1v) is 6.10. The quantitative estimate of drug-likeness (QED) is 0.869. The fourth-order valence-electron chi connectivity index (χ4n) is 1.57. The van der Waals surface area contributed by atoms with E-state index in [4.69, 9.17) is 10.5 Å². The number of carbonyl (C=O) groups excluding carboxylic acids is 2. The minimum Gasteiger partial charge on any atom is -0.444 e. The van der Waals surface area contributed by atoms with E-state index in [0.29, 0.717) is 6.54 Å². The number of benzene rings is 1. The average Bonchev–Trinajstić information content (AvgIpc) is 2.24. The van der Waals surface area contributed by atoms with Crippen LogP contribution in [-0.2, 0) is 22.5 Å². The summed E-state index contributed by atoms with van der Waals surface area (Å²) in [5.74, 6) is -0.398. The predicted octanol–water partition coefficient (Wildman–Crippen LogP) is 1.74. The summed E-state index contributed by atoms with van der Waals surface area (Å²) in [5.41, 5.74) is 6.32. The molecule has 0 saturated heterocycles. The van der Waals surface area contributed by atoms with Gasteiger partial charge in [-0.15, -0.1) is 0 Å². The number of nitrogens with two attached hydrogens (primary N) is 1. The van der Waals surface area contributed by atoms with Crippen LogP contribution in [0.2, 0.25) is 0 Å². The summed E-state index contributed by atoms with van der Waals surface area (Å²) in [6.45, 7) is 5.70. The molecule has 5 nitrogen and oxygen atoms in total. The third-order valence-electron chi connectivity index (χ3n) is 2.31. The molecule has 1 aromatic carbocycles. The van der Waals surface area contributed by atoms with Crippen molar-refractivity contribution in [1.82, 2.24) is 5.32 Å². The van der Waals surface area contributed by atoms with Gasteiger partial charge in [-0.2, -0.15) is 0 Å². The molecule has 0 bridgehead atoms. The largest absolute Gasteiger partial charge is 0.444 e. The number of carbonyl (C=O) groups is 2. The van der Waals surface area contributed by atoms with E-state index in [1.165, 1.54) is 0 Å². The van der Waals surface area contributed by atoms with Gasteiger partial charge in [0, 0.05) is 6.54 Å². The molecule has 104 valence electrons. The van der Waals surface area contributed by atoms with Crippen molar-refractivity contribution in [3.05, 3.63) is 35.4 Å². The van der Waals surface area contributed by atoms with E-state index < -0.39 is 17.6 Å². The standard InChI is InChI=1S/C14H20N2O3/c1-14(2,3)19-13(18)16-9-11-7-5-4-6-10(11)8-12(15)17/h4-7H,8-9H2,1-3H3,(H2,15,17)(H,16,18). The molecule has 0 heterocycles. The molecule has 0 aromatic heterocycles. The van der Waals surface area contributed by atoms with Crippen molar-refractivity contribution < 1.29 is 14.3 Å². The molecule has 0 radical (unpaired) electrons. The molecule has 0 aliphatic heterocycles. The van der Waals surface area contributed by atoms with Gasteiger partial charge in [0.05, 0.1) is 6.42 Å². The first-order chi connectivity index (χ1) is 8.78. The van der Waals surface area contributed by atoms with Gasteiger partial charge in [-0.25, -0.2) is 4.79 Å². The van der Waals surface area contributed by atoms with Crippen LogP contribution >= 0.6 is 0 Å². The Balaban J connectivity index is 2.62. The Bertz CT molecular complexity index is 464. The number of hydrogen-bond donors (Lipinski definition) is 2. The molecule has 0 spiro atoms. The van der Waals surface area contributed by atoms with Crippen LogP contribution in [0.15, 0.2) is 24.3 Å². The van der Waals surface area contributed by atoms with Crippen molar-refractivity contribution in [3.8, 4) is 0 Å².